The van der Waals surface area contributed by atoms with Crippen molar-refractivity contribution in [3.63, 3.8) is 0 Å². The van der Waals surface area contributed by atoms with Gasteiger partial charge in [0.25, 0.3) is 11.8 Å². The average molecular weight is 744 g/mol. The predicted octanol–water partition coefficient (Wildman–Crippen LogP) is 12.2. The molecule has 262 valence electrons. The summed E-state index contributed by atoms with van der Waals surface area (Å²) in [7, 11) is 0. The summed E-state index contributed by atoms with van der Waals surface area (Å²) in [6, 6.07) is 45.7. The number of carbonyl (C=O) groups excluding carboxylic acids is 2. The first-order valence-electron chi connectivity index (χ1n) is 17.4. The molecule has 2 heterocycles. The van der Waals surface area contributed by atoms with E-state index in [0.717, 1.165) is 55.2 Å². The van der Waals surface area contributed by atoms with Crippen molar-refractivity contribution in [1.82, 2.24) is 9.97 Å². The summed E-state index contributed by atoms with van der Waals surface area (Å²) in [5.74, 6) is -0.448. The second-order valence-electron chi connectivity index (χ2n) is 13.1. The molecule has 0 aliphatic rings. The molecule has 0 aliphatic carbocycles. The molecule has 8 heteroatoms. The highest BCUT2D eigenvalue weighted by atomic mass is 35.5. The van der Waals surface area contributed by atoms with Crippen LogP contribution in [-0.2, 0) is 0 Å². The molecule has 2 aromatic heterocycles. The number of amides is 2. The van der Waals surface area contributed by atoms with E-state index in [4.69, 9.17) is 33.2 Å². The zero-order chi connectivity index (χ0) is 37.3. The Balaban J connectivity index is 1.03. The molecule has 0 bridgehead atoms. The Morgan fingerprint density at radius 2 is 0.833 bits per heavy atom. The van der Waals surface area contributed by atoms with Crippen LogP contribution >= 0.6 is 23.2 Å². The third-order valence-electron chi connectivity index (χ3n) is 9.48. The van der Waals surface area contributed by atoms with E-state index in [2.05, 4.69) is 10.6 Å². The highest BCUT2D eigenvalue weighted by Gasteiger charge is 2.18. The number of carbonyl (C=O) groups is 2. The van der Waals surface area contributed by atoms with Gasteiger partial charge in [-0.05, 0) is 109 Å². The molecule has 2 amide bonds. The maximum Gasteiger partial charge on any atom is 0.256 e. The van der Waals surface area contributed by atoms with Gasteiger partial charge in [-0.15, -0.1) is 0 Å². The van der Waals surface area contributed by atoms with E-state index in [9.17, 15) is 9.59 Å². The van der Waals surface area contributed by atoms with Crippen LogP contribution in [0.4, 0.5) is 11.4 Å². The summed E-state index contributed by atoms with van der Waals surface area (Å²) in [5.41, 5.74) is 10.9. The number of halogens is 2. The van der Waals surface area contributed by atoms with Crippen molar-refractivity contribution in [3.8, 4) is 33.6 Å². The van der Waals surface area contributed by atoms with Crippen molar-refractivity contribution in [2.24, 2.45) is 0 Å². The number of benzene rings is 6. The van der Waals surface area contributed by atoms with Crippen LogP contribution in [0.3, 0.4) is 0 Å². The third kappa shape index (κ3) is 7.05. The summed E-state index contributed by atoms with van der Waals surface area (Å²) in [6.07, 6.45) is 0. The Morgan fingerprint density at radius 1 is 0.463 bits per heavy atom. The monoisotopic (exact) mass is 742 g/mol. The first kappa shape index (κ1) is 34.7. The zero-order valence-corrected chi connectivity index (χ0v) is 30.8. The van der Waals surface area contributed by atoms with Gasteiger partial charge in [-0.25, -0.2) is 9.97 Å². The van der Waals surface area contributed by atoms with Gasteiger partial charge in [0.15, 0.2) is 0 Å². The molecular formula is C46H32Cl2N4O2. The predicted molar refractivity (Wildman–Crippen MR) is 222 cm³/mol. The van der Waals surface area contributed by atoms with E-state index in [1.54, 1.807) is 0 Å². The van der Waals surface area contributed by atoms with Gasteiger partial charge in [-0.1, -0.05) is 96.0 Å². The molecule has 0 unspecified atom stereocenters. The number of pyridine rings is 2. The maximum atomic E-state index is 13.8. The summed E-state index contributed by atoms with van der Waals surface area (Å²) >= 11 is 12.2. The number of hydrogen-bond donors (Lipinski definition) is 2. The van der Waals surface area contributed by atoms with Crippen molar-refractivity contribution in [2.75, 3.05) is 10.6 Å². The topological polar surface area (TPSA) is 84.0 Å². The Hall–Kier alpha value is -6.34. The van der Waals surface area contributed by atoms with Gasteiger partial charge < -0.3 is 10.6 Å². The Kier molecular flexibility index (Phi) is 9.38. The van der Waals surface area contributed by atoms with Gasteiger partial charge in [0.2, 0.25) is 0 Å². The van der Waals surface area contributed by atoms with Crippen LogP contribution in [0.1, 0.15) is 31.8 Å². The molecule has 0 saturated carbocycles. The number of para-hydroxylation sites is 2. The first-order valence-corrected chi connectivity index (χ1v) is 18.1. The largest absolute Gasteiger partial charge is 0.322 e. The molecule has 8 aromatic rings. The summed E-state index contributed by atoms with van der Waals surface area (Å²) in [6.45, 7) is 3.95. The van der Waals surface area contributed by atoms with Gasteiger partial charge in [-0.2, -0.15) is 0 Å². The smallest absolute Gasteiger partial charge is 0.256 e. The molecule has 0 aliphatic heterocycles. The number of aryl methyl sites for hydroxylation is 2. The minimum absolute atomic E-state index is 0.224. The lowest BCUT2D eigenvalue weighted by Crippen LogP contribution is -2.14. The molecule has 0 saturated heterocycles. The lowest BCUT2D eigenvalue weighted by Gasteiger charge is -2.15. The molecule has 0 fully saturated rings. The molecule has 6 aromatic carbocycles. The Labute approximate surface area is 322 Å². The van der Waals surface area contributed by atoms with E-state index >= 15 is 0 Å². The molecule has 0 atom stereocenters. The molecular weight excluding hydrogens is 711 g/mol. The summed E-state index contributed by atoms with van der Waals surface area (Å²) < 4.78 is 0. The fourth-order valence-electron chi connectivity index (χ4n) is 6.61. The van der Waals surface area contributed by atoms with Crippen LogP contribution in [0.15, 0.2) is 146 Å². The highest BCUT2D eigenvalue weighted by molar-refractivity contribution is 6.31. The van der Waals surface area contributed by atoms with E-state index < -0.39 is 0 Å². The van der Waals surface area contributed by atoms with Crippen LogP contribution in [0.25, 0.3) is 55.4 Å². The van der Waals surface area contributed by atoms with Crippen molar-refractivity contribution in [1.29, 1.82) is 0 Å². The fraction of sp³-hybridized carbons (Fsp3) is 0.0435. The standard InChI is InChI=1S/C46H32Cl2N4O2/c1-27-23-31(15-21-39(27)51-45(53)37-25-43(29-11-17-33(47)18-12-29)49-41-9-5-3-7-35(37)41)32-16-22-40(28(2)24-32)52-46(54)38-26-44(30-13-19-34(48)20-14-30)50-42-10-6-4-8-36(38)42/h3-26H,1-2H3,(H,51,53)(H,52,54). The molecule has 2 N–H and O–H groups in total. The van der Waals surface area contributed by atoms with Crippen molar-refractivity contribution < 1.29 is 9.59 Å². The van der Waals surface area contributed by atoms with Crippen LogP contribution in [0, 0.1) is 13.8 Å². The fourth-order valence-corrected chi connectivity index (χ4v) is 6.86. The SMILES string of the molecule is Cc1cc(-c2ccc(NC(=O)c3cc(-c4ccc(Cl)cc4)nc4ccccc34)c(C)c2)ccc1NC(=O)c1cc(-c2ccc(Cl)cc2)nc2ccccc12. The molecule has 54 heavy (non-hydrogen) atoms. The quantitative estimate of drug-likeness (QED) is 0.170. The van der Waals surface area contributed by atoms with Gasteiger partial charge in [-0.3, -0.25) is 9.59 Å². The second-order valence-corrected chi connectivity index (χ2v) is 14.0. The highest BCUT2D eigenvalue weighted by Crippen LogP contribution is 2.32. The zero-order valence-electron chi connectivity index (χ0n) is 29.3. The number of rotatable bonds is 7. The third-order valence-corrected chi connectivity index (χ3v) is 9.99. The van der Waals surface area contributed by atoms with Gasteiger partial charge in [0.05, 0.1) is 33.5 Å². The van der Waals surface area contributed by atoms with Crippen LogP contribution in [-0.4, -0.2) is 21.8 Å². The maximum absolute atomic E-state index is 13.8. The summed E-state index contributed by atoms with van der Waals surface area (Å²) in [4.78, 5) is 37.3. The Bertz CT molecular complexity index is 2560. The van der Waals surface area contributed by atoms with Crippen LogP contribution in [0.5, 0.6) is 0 Å². The number of anilines is 2. The first-order chi connectivity index (χ1) is 26.2. The van der Waals surface area contributed by atoms with E-state index in [-0.39, 0.29) is 11.8 Å². The number of aromatic nitrogens is 2. The average Bonchev–Trinajstić information content (AvgIpc) is 3.19. The molecule has 6 nitrogen and oxygen atoms in total. The molecule has 0 spiro atoms. The number of fused-ring (bicyclic) bond motifs is 2. The second kappa shape index (κ2) is 14.6. The Morgan fingerprint density at radius 3 is 1.22 bits per heavy atom. The minimum Gasteiger partial charge on any atom is -0.322 e. The number of nitrogens with zero attached hydrogens (tertiary/aromatic N) is 2. The van der Waals surface area contributed by atoms with Crippen LogP contribution < -0.4 is 10.6 Å². The van der Waals surface area contributed by atoms with Crippen molar-refractivity contribution in [3.05, 3.63) is 178 Å². The minimum atomic E-state index is -0.224. The van der Waals surface area contributed by atoms with Crippen molar-refractivity contribution >= 4 is 68.2 Å². The lowest BCUT2D eigenvalue weighted by molar-refractivity contribution is 0.102. The van der Waals surface area contributed by atoms with Gasteiger partial charge in [0, 0.05) is 43.3 Å². The van der Waals surface area contributed by atoms with Gasteiger partial charge >= 0.3 is 0 Å². The molecule has 8 rings (SSSR count). The summed E-state index contributed by atoms with van der Waals surface area (Å²) in [5, 5.41) is 9.05. The lowest BCUT2D eigenvalue weighted by atomic mass is 9.99. The van der Waals surface area contributed by atoms with E-state index in [1.807, 2.05) is 159 Å². The van der Waals surface area contributed by atoms with E-state index in [0.29, 0.717) is 43.9 Å². The van der Waals surface area contributed by atoms with Crippen LogP contribution in [0.2, 0.25) is 10.0 Å². The number of hydrogen-bond acceptors (Lipinski definition) is 4. The number of nitrogens with one attached hydrogen (secondary N) is 2. The van der Waals surface area contributed by atoms with Gasteiger partial charge in [0.1, 0.15) is 0 Å². The van der Waals surface area contributed by atoms with E-state index in [1.165, 1.54) is 0 Å². The normalized spacial score (nSPS) is 11.1. The van der Waals surface area contributed by atoms with Crippen molar-refractivity contribution in [2.45, 2.75) is 13.8 Å². The molecule has 0 radical (unpaired) electrons.